The monoisotopic (exact) mass is 311 g/mol. The molecule has 1 aliphatic rings. The van der Waals surface area contributed by atoms with Crippen LogP contribution in [0.1, 0.15) is 16.8 Å². The quantitative estimate of drug-likeness (QED) is 0.375. The van der Waals surface area contributed by atoms with E-state index in [0.29, 0.717) is 0 Å². The van der Waals surface area contributed by atoms with Crippen LogP contribution in [0, 0.1) is 16.0 Å². The summed E-state index contributed by atoms with van der Waals surface area (Å²) in [6.07, 6.45) is 4.41. The maximum absolute atomic E-state index is 12.1. The Kier molecular flexibility index (Phi) is 4.18. The molecule has 0 spiro atoms. The molecule has 2 unspecified atom stereocenters. The van der Waals surface area contributed by atoms with Gasteiger partial charge in [-0.05, 0) is 12.5 Å². The van der Waals surface area contributed by atoms with Gasteiger partial charge in [-0.2, -0.15) is 0 Å². The maximum Gasteiger partial charge on any atom is 0.319 e. The van der Waals surface area contributed by atoms with Gasteiger partial charge in [-0.25, -0.2) is 4.98 Å². The van der Waals surface area contributed by atoms with E-state index in [0.717, 1.165) is 0 Å². The summed E-state index contributed by atoms with van der Waals surface area (Å²) in [5.74, 6) is -2.36. The van der Waals surface area contributed by atoms with Gasteiger partial charge in [0.15, 0.2) is 0 Å². The number of nitrogens with one attached hydrogen (secondary N) is 1. The minimum absolute atomic E-state index is 0.202. The number of hydrogen-bond acceptors (Lipinski definition) is 5. The summed E-state index contributed by atoms with van der Waals surface area (Å²) in [5.41, 5.74) is -0.791. The van der Waals surface area contributed by atoms with Crippen molar-refractivity contribution in [3.63, 3.8) is 0 Å². The maximum atomic E-state index is 12.1. The first-order chi connectivity index (χ1) is 9.90. The lowest BCUT2D eigenvalue weighted by molar-refractivity contribution is -0.385. The van der Waals surface area contributed by atoms with Crippen LogP contribution in [0.4, 0.5) is 5.69 Å². The summed E-state index contributed by atoms with van der Waals surface area (Å²) in [7, 11) is 0. The van der Waals surface area contributed by atoms with Crippen molar-refractivity contribution in [3.05, 3.63) is 45.2 Å². The Morgan fingerprint density at radius 3 is 2.76 bits per heavy atom. The molecule has 21 heavy (non-hydrogen) atoms. The standard InChI is InChI=1S/C12H10ClN3O5/c13-10-9(16(20)21)8(3-4-14-10)11(17)15-7-2-1-6(5-7)12(18)19/h1-4,6-7H,5H2,(H,15,17)(H,18,19). The molecule has 0 radical (unpaired) electrons. The zero-order valence-electron chi connectivity index (χ0n) is 10.5. The SMILES string of the molecule is O=C(NC1C=CC(C(=O)O)C1)c1ccnc(Cl)c1[N+](=O)[O-]. The van der Waals surface area contributed by atoms with Crippen molar-refractivity contribution in [2.45, 2.75) is 12.5 Å². The highest BCUT2D eigenvalue weighted by molar-refractivity contribution is 6.32. The summed E-state index contributed by atoms with van der Waals surface area (Å²) in [6.45, 7) is 0. The van der Waals surface area contributed by atoms with Gasteiger partial charge in [-0.1, -0.05) is 23.8 Å². The van der Waals surface area contributed by atoms with Crippen molar-refractivity contribution >= 4 is 29.2 Å². The highest BCUT2D eigenvalue weighted by Crippen LogP contribution is 2.26. The number of nitro groups is 1. The van der Waals surface area contributed by atoms with E-state index in [1.54, 1.807) is 6.08 Å². The van der Waals surface area contributed by atoms with E-state index >= 15 is 0 Å². The Labute approximate surface area is 123 Å². The summed E-state index contributed by atoms with van der Waals surface area (Å²) >= 11 is 5.63. The van der Waals surface area contributed by atoms with Crippen LogP contribution in [0.2, 0.25) is 5.15 Å². The van der Waals surface area contributed by atoms with Gasteiger partial charge in [0, 0.05) is 12.2 Å². The van der Waals surface area contributed by atoms with E-state index in [2.05, 4.69) is 10.3 Å². The summed E-state index contributed by atoms with van der Waals surface area (Å²) in [5, 5.41) is 21.9. The molecule has 2 N–H and O–H groups in total. The van der Waals surface area contributed by atoms with Gasteiger partial charge in [-0.3, -0.25) is 19.7 Å². The van der Waals surface area contributed by atoms with Crippen molar-refractivity contribution < 1.29 is 19.6 Å². The first-order valence-corrected chi connectivity index (χ1v) is 6.29. The Morgan fingerprint density at radius 1 is 1.48 bits per heavy atom. The third kappa shape index (κ3) is 3.16. The van der Waals surface area contributed by atoms with Crippen LogP contribution in [-0.2, 0) is 4.79 Å². The highest BCUT2D eigenvalue weighted by atomic mass is 35.5. The molecule has 0 saturated heterocycles. The zero-order valence-corrected chi connectivity index (χ0v) is 11.3. The fraction of sp³-hybridized carbons (Fsp3) is 0.250. The molecule has 0 bridgehead atoms. The average Bonchev–Trinajstić information content (AvgIpc) is 2.86. The number of carboxylic acids is 1. The number of aromatic nitrogens is 1. The second-order valence-electron chi connectivity index (χ2n) is 4.40. The number of nitrogens with zero attached hydrogens (tertiary/aromatic N) is 2. The van der Waals surface area contributed by atoms with Crippen molar-refractivity contribution in [2.24, 2.45) is 5.92 Å². The van der Waals surface area contributed by atoms with E-state index in [9.17, 15) is 19.7 Å². The molecule has 0 fully saturated rings. The highest BCUT2D eigenvalue weighted by Gasteiger charge is 2.29. The lowest BCUT2D eigenvalue weighted by atomic mass is 10.1. The van der Waals surface area contributed by atoms with Crippen LogP contribution < -0.4 is 5.32 Å². The summed E-state index contributed by atoms with van der Waals surface area (Å²) in [4.78, 5) is 36.6. The zero-order chi connectivity index (χ0) is 15.6. The van der Waals surface area contributed by atoms with Crippen LogP contribution >= 0.6 is 11.6 Å². The van der Waals surface area contributed by atoms with E-state index in [4.69, 9.17) is 16.7 Å². The van der Waals surface area contributed by atoms with Gasteiger partial charge in [0.25, 0.3) is 5.91 Å². The van der Waals surface area contributed by atoms with Gasteiger partial charge in [0.1, 0.15) is 5.56 Å². The molecule has 1 aromatic heterocycles. The topological polar surface area (TPSA) is 122 Å². The number of aliphatic carboxylic acids is 1. The number of hydrogen-bond donors (Lipinski definition) is 2. The second-order valence-corrected chi connectivity index (χ2v) is 4.76. The van der Waals surface area contributed by atoms with Crippen LogP contribution in [0.15, 0.2) is 24.4 Å². The molecule has 9 heteroatoms. The normalized spacial score (nSPS) is 20.2. The molecule has 1 amide bonds. The number of rotatable bonds is 4. The van der Waals surface area contributed by atoms with Crippen molar-refractivity contribution in [1.82, 2.24) is 10.3 Å². The first-order valence-electron chi connectivity index (χ1n) is 5.91. The minimum Gasteiger partial charge on any atom is -0.481 e. The van der Waals surface area contributed by atoms with Crippen LogP contribution in [0.25, 0.3) is 0 Å². The molecular formula is C12H10ClN3O5. The molecular weight excluding hydrogens is 302 g/mol. The molecule has 0 aromatic carbocycles. The Hall–Kier alpha value is -2.48. The average molecular weight is 312 g/mol. The van der Waals surface area contributed by atoms with Crippen molar-refractivity contribution in [3.8, 4) is 0 Å². The van der Waals surface area contributed by atoms with Crippen LogP contribution in [0.5, 0.6) is 0 Å². The largest absolute Gasteiger partial charge is 0.481 e. The van der Waals surface area contributed by atoms with Crippen molar-refractivity contribution in [2.75, 3.05) is 0 Å². The smallest absolute Gasteiger partial charge is 0.319 e. The number of carbonyl (C=O) groups excluding carboxylic acids is 1. The summed E-state index contributed by atoms with van der Waals surface area (Å²) in [6, 6.07) is 0.692. The van der Waals surface area contributed by atoms with Gasteiger partial charge in [0.05, 0.1) is 10.8 Å². The van der Waals surface area contributed by atoms with E-state index < -0.39 is 34.4 Å². The summed E-state index contributed by atoms with van der Waals surface area (Å²) < 4.78 is 0. The van der Waals surface area contributed by atoms with Crippen molar-refractivity contribution in [1.29, 1.82) is 0 Å². The molecule has 2 atom stereocenters. The minimum atomic E-state index is -0.985. The van der Waals surface area contributed by atoms with E-state index in [-0.39, 0.29) is 17.1 Å². The molecule has 0 aliphatic heterocycles. The molecule has 1 aromatic rings. The number of carbonyl (C=O) groups is 2. The fourth-order valence-corrected chi connectivity index (χ4v) is 2.25. The van der Waals surface area contributed by atoms with Gasteiger partial charge < -0.3 is 10.4 Å². The Morgan fingerprint density at radius 2 is 2.19 bits per heavy atom. The van der Waals surface area contributed by atoms with Gasteiger partial charge in [0.2, 0.25) is 5.15 Å². The number of carboxylic acid groups (broad SMARTS) is 1. The van der Waals surface area contributed by atoms with E-state index in [1.165, 1.54) is 18.3 Å². The Bertz CT molecular complexity index is 646. The molecule has 8 nitrogen and oxygen atoms in total. The van der Waals surface area contributed by atoms with Crippen LogP contribution in [-0.4, -0.2) is 32.9 Å². The van der Waals surface area contributed by atoms with Gasteiger partial charge in [-0.15, -0.1) is 0 Å². The first kappa shape index (κ1) is 14.9. The number of pyridine rings is 1. The Balaban J connectivity index is 2.16. The molecule has 2 rings (SSSR count). The van der Waals surface area contributed by atoms with E-state index in [1.807, 2.05) is 0 Å². The fourth-order valence-electron chi connectivity index (χ4n) is 2.02. The molecule has 0 saturated carbocycles. The molecule has 110 valence electrons. The molecule has 1 aliphatic carbocycles. The van der Waals surface area contributed by atoms with Gasteiger partial charge >= 0.3 is 11.7 Å². The number of halogens is 1. The third-order valence-electron chi connectivity index (χ3n) is 3.02. The lowest BCUT2D eigenvalue weighted by Gasteiger charge is -2.12. The molecule has 1 heterocycles. The van der Waals surface area contributed by atoms with Crippen LogP contribution in [0.3, 0.4) is 0 Å². The lowest BCUT2D eigenvalue weighted by Crippen LogP contribution is -2.33. The second kappa shape index (κ2) is 5.88. The predicted molar refractivity (Wildman–Crippen MR) is 72.0 cm³/mol. The predicted octanol–water partition coefficient (Wildman–Crippen LogP) is 1.40. The third-order valence-corrected chi connectivity index (χ3v) is 3.30. The number of amides is 1.